The third-order valence-corrected chi connectivity index (χ3v) is 3.73. The van der Waals surface area contributed by atoms with Crippen LogP contribution in [0.15, 0.2) is 0 Å². The zero-order valence-corrected chi connectivity index (χ0v) is 6.68. The van der Waals surface area contributed by atoms with Crippen LogP contribution in [0, 0.1) is 0 Å². The van der Waals surface area contributed by atoms with E-state index >= 15 is 0 Å². The zero-order valence-electron chi connectivity index (χ0n) is 5.27. The maximum atomic E-state index is 5.39. The van der Waals surface area contributed by atoms with Gasteiger partial charge in [-0.25, -0.2) is 0 Å². The van der Waals surface area contributed by atoms with Gasteiger partial charge in [0.15, 0.2) is 0 Å². The minimum Gasteiger partial charge on any atom is -0.329 e. The first kappa shape index (κ1) is 6.26. The van der Waals surface area contributed by atoms with Crippen LogP contribution in [0.5, 0.6) is 0 Å². The molecule has 2 N–H and O–H groups in total. The van der Waals surface area contributed by atoms with Crippen molar-refractivity contribution in [3.63, 3.8) is 0 Å². The van der Waals surface area contributed by atoms with Gasteiger partial charge in [-0.2, -0.15) is 0 Å². The molecule has 0 saturated carbocycles. The largest absolute Gasteiger partial charge is 0.329 e. The van der Waals surface area contributed by atoms with Crippen molar-refractivity contribution in [2.45, 2.75) is 12.5 Å². The van der Waals surface area contributed by atoms with Crippen LogP contribution in [0.25, 0.3) is 0 Å². The fourth-order valence-corrected chi connectivity index (χ4v) is 2.94. The predicted octanol–water partition coefficient (Wildman–Crippen LogP) is -0.847. The van der Waals surface area contributed by atoms with E-state index in [2.05, 4.69) is 4.57 Å². The number of nitrogens with two attached hydrogens (primary N) is 1. The highest BCUT2D eigenvalue weighted by molar-refractivity contribution is 6.32. The van der Waals surface area contributed by atoms with Crippen molar-refractivity contribution in [3.05, 3.63) is 0 Å². The molecule has 1 saturated heterocycles. The zero-order chi connectivity index (χ0) is 5.82. The number of hydrogen-bond acceptors (Lipinski definition) is 2. The lowest BCUT2D eigenvalue weighted by Gasteiger charge is -2.11. The first-order valence-corrected chi connectivity index (χ1v) is 4.99. The summed E-state index contributed by atoms with van der Waals surface area (Å²) in [6.45, 7) is 3.35. The van der Waals surface area contributed by atoms with Crippen molar-refractivity contribution in [1.29, 1.82) is 0 Å². The van der Waals surface area contributed by atoms with Crippen molar-refractivity contribution in [2.75, 3.05) is 19.6 Å². The van der Waals surface area contributed by atoms with Crippen LogP contribution in [0.3, 0.4) is 0 Å². The molecule has 3 heteroatoms. The van der Waals surface area contributed by atoms with Gasteiger partial charge < -0.3 is 10.3 Å². The van der Waals surface area contributed by atoms with Crippen molar-refractivity contribution >= 4 is 9.68 Å². The van der Waals surface area contributed by atoms with E-state index in [1.165, 1.54) is 19.0 Å². The van der Waals surface area contributed by atoms with Gasteiger partial charge in [-0.3, -0.25) is 0 Å². The molecular formula is C5H14N2Si. The van der Waals surface area contributed by atoms with E-state index in [4.69, 9.17) is 5.73 Å². The van der Waals surface area contributed by atoms with Crippen LogP contribution in [-0.2, 0) is 0 Å². The van der Waals surface area contributed by atoms with Gasteiger partial charge in [0.25, 0.3) is 0 Å². The average molecular weight is 130 g/mol. The molecule has 0 aromatic carbocycles. The van der Waals surface area contributed by atoms with Crippen LogP contribution in [0.2, 0.25) is 6.04 Å². The number of rotatable bonds is 2. The molecule has 0 amide bonds. The summed E-state index contributed by atoms with van der Waals surface area (Å²) in [5, 5.41) is 0. The maximum absolute atomic E-state index is 5.39. The standard InChI is InChI=1S/C5H14N2Si/c6-2-4-7-3-1-5-8-7/h1-6,8H2. The SMILES string of the molecule is NCCN1CCC[SiH2]1. The molecule has 1 aliphatic rings. The Morgan fingerprint density at radius 3 is 3.00 bits per heavy atom. The van der Waals surface area contributed by atoms with E-state index < -0.39 is 0 Å². The molecule has 0 aliphatic carbocycles. The van der Waals surface area contributed by atoms with E-state index in [0.29, 0.717) is 0 Å². The quantitative estimate of drug-likeness (QED) is 0.494. The fourth-order valence-electron chi connectivity index (χ4n) is 1.19. The van der Waals surface area contributed by atoms with Gasteiger partial charge in [-0.15, -0.1) is 0 Å². The molecule has 0 aromatic rings. The molecule has 0 radical (unpaired) electrons. The summed E-state index contributed by atoms with van der Waals surface area (Å²) in [4.78, 5) is 0. The molecular weight excluding hydrogens is 116 g/mol. The van der Waals surface area contributed by atoms with Crippen LogP contribution in [-0.4, -0.2) is 33.9 Å². The summed E-state index contributed by atoms with van der Waals surface area (Å²) in [5.74, 6) is 0. The molecule has 0 spiro atoms. The highest BCUT2D eigenvalue weighted by Crippen LogP contribution is 2.03. The predicted molar refractivity (Wildman–Crippen MR) is 38.6 cm³/mol. The molecule has 1 aliphatic heterocycles. The Labute approximate surface area is 52.9 Å². The van der Waals surface area contributed by atoms with Crippen LogP contribution >= 0.6 is 0 Å². The van der Waals surface area contributed by atoms with Crippen LogP contribution < -0.4 is 5.73 Å². The average Bonchev–Trinajstić information content (AvgIpc) is 2.19. The Morgan fingerprint density at radius 2 is 2.50 bits per heavy atom. The van der Waals surface area contributed by atoms with Gasteiger partial charge in [0.1, 0.15) is 0 Å². The van der Waals surface area contributed by atoms with Crippen LogP contribution in [0.1, 0.15) is 6.42 Å². The number of nitrogens with zero attached hydrogens (tertiary/aromatic N) is 1. The third kappa shape index (κ3) is 1.58. The normalized spacial score (nSPS) is 25.1. The van der Waals surface area contributed by atoms with Crippen LogP contribution in [0.4, 0.5) is 0 Å². The summed E-state index contributed by atoms with van der Waals surface area (Å²) in [7, 11) is 0.200. The van der Waals surface area contributed by atoms with E-state index in [9.17, 15) is 0 Å². The molecule has 2 nitrogen and oxygen atoms in total. The Morgan fingerprint density at radius 1 is 1.62 bits per heavy atom. The third-order valence-electron chi connectivity index (χ3n) is 1.64. The Bertz CT molecular complexity index is 61.4. The van der Waals surface area contributed by atoms with E-state index in [1.54, 1.807) is 0 Å². The monoisotopic (exact) mass is 130 g/mol. The van der Waals surface area contributed by atoms with Gasteiger partial charge >= 0.3 is 0 Å². The second kappa shape index (κ2) is 3.22. The summed E-state index contributed by atoms with van der Waals surface area (Å²) >= 11 is 0. The van der Waals surface area contributed by atoms with Crippen molar-refractivity contribution in [3.8, 4) is 0 Å². The van der Waals surface area contributed by atoms with Gasteiger partial charge in [0.2, 0.25) is 0 Å². The van der Waals surface area contributed by atoms with E-state index in [-0.39, 0.29) is 9.68 Å². The molecule has 1 heterocycles. The fraction of sp³-hybridized carbons (Fsp3) is 1.00. The minimum atomic E-state index is 0.200. The van der Waals surface area contributed by atoms with Crippen molar-refractivity contribution in [2.24, 2.45) is 5.73 Å². The molecule has 48 valence electrons. The summed E-state index contributed by atoms with van der Waals surface area (Å²) in [6.07, 6.45) is 1.44. The summed E-state index contributed by atoms with van der Waals surface area (Å²) in [5.41, 5.74) is 5.39. The number of hydrogen-bond donors (Lipinski definition) is 1. The lowest BCUT2D eigenvalue weighted by molar-refractivity contribution is 0.486. The van der Waals surface area contributed by atoms with E-state index in [1.807, 2.05) is 0 Å². The maximum Gasteiger partial charge on any atom is 0.0951 e. The topological polar surface area (TPSA) is 29.3 Å². The molecule has 0 unspecified atom stereocenters. The molecule has 1 fully saturated rings. The minimum absolute atomic E-state index is 0.200. The lowest BCUT2D eigenvalue weighted by atomic mass is 10.5. The molecule has 8 heavy (non-hydrogen) atoms. The summed E-state index contributed by atoms with van der Waals surface area (Å²) in [6, 6.07) is 1.51. The second-order valence-corrected chi connectivity index (χ2v) is 4.39. The van der Waals surface area contributed by atoms with Gasteiger partial charge in [-0.1, -0.05) is 0 Å². The van der Waals surface area contributed by atoms with E-state index in [0.717, 1.165) is 13.1 Å². The van der Waals surface area contributed by atoms with Crippen molar-refractivity contribution < 1.29 is 0 Å². The van der Waals surface area contributed by atoms with Gasteiger partial charge in [-0.05, 0) is 19.0 Å². The molecule has 0 aromatic heterocycles. The second-order valence-electron chi connectivity index (χ2n) is 2.34. The van der Waals surface area contributed by atoms with Gasteiger partial charge in [0.05, 0.1) is 9.68 Å². The first-order valence-electron chi connectivity index (χ1n) is 3.36. The highest BCUT2D eigenvalue weighted by Gasteiger charge is 2.09. The highest BCUT2D eigenvalue weighted by atomic mass is 28.2. The van der Waals surface area contributed by atoms with Crippen molar-refractivity contribution in [1.82, 2.24) is 4.57 Å². The molecule has 0 atom stereocenters. The molecule has 0 bridgehead atoms. The summed E-state index contributed by atoms with van der Waals surface area (Å²) < 4.78 is 2.56. The molecule has 1 rings (SSSR count). The Hall–Kier alpha value is 0.137. The Balaban J connectivity index is 2.06. The smallest absolute Gasteiger partial charge is 0.0951 e. The lowest BCUT2D eigenvalue weighted by Crippen LogP contribution is -2.28. The van der Waals surface area contributed by atoms with Gasteiger partial charge in [0, 0.05) is 13.1 Å². The first-order chi connectivity index (χ1) is 3.93. The Kier molecular flexibility index (Phi) is 2.52.